The van der Waals surface area contributed by atoms with Crippen LogP contribution < -0.4 is 24.4 Å². The molecule has 0 saturated heterocycles. The van der Waals surface area contributed by atoms with Crippen molar-refractivity contribution in [3.63, 3.8) is 0 Å². The molecule has 7 nitrogen and oxygen atoms in total. The Hall–Kier alpha value is -4.00. The third kappa shape index (κ3) is 6.32. The van der Waals surface area contributed by atoms with Crippen LogP contribution >= 0.6 is 0 Å². The molecule has 0 unspecified atom stereocenters. The van der Waals surface area contributed by atoms with Crippen LogP contribution in [0.1, 0.15) is 26.3 Å². The number of carbonyl (C=O) groups is 2. The van der Waals surface area contributed by atoms with Crippen molar-refractivity contribution in [2.24, 2.45) is 0 Å². The number of nitrogens with zero attached hydrogens (tertiary/aromatic N) is 1. The Labute approximate surface area is 205 Å². The van der Waals surface area contributed by atoms with Crippen LogP contribution in [-0.2, 0) is 15.0 Å². The summed E-state index contributed by atoms with van der Waals surface area (Å²) in [5.41, 5.74) is 2.44. The minimum absolute atomic E-state index is 0.0378. The number of nitrogens with one attached hydrogen (secondary N) is 1. The van der Waals surface area contributed by atoms with Crippen LogP contribution in [0.5, 0.6) is 17.2 Å². The van der Waals surface area contributed by atoms with Crippen molar-refractivity contribution in [1.82, 2.24) is 0 Å². The number of ether oxygens (including phenoxy) is 3. The first kappa shape index (κ1) is 24.1. The lowest BCUT2D eigenvalue weighted by Crippen LogP contribution is -2.41. The molecular weight excluding hydrogens is 444 g/mol. The van der Waals surface area contributed by atoms with Gasteiger partial charge >= 0.3 is 0 Å². The topological polar surface area (TPSA) is 77.1 Å². The summed E-state index contributed by atoms with van der Waals surface area (Å²) in [5.74, 6) is 1.48. The Morgan fingerprint density at radius 1 is 0.971 bits per heavy atom. The molecule has 0 bridgehead atoms. The van der Waals surface area contributed by atoms with Crippen LogP contribution in [0.4, 0.5) is 11.4 Å². The second-order valence-electron chi connectivity index (χ2n) is 9.29. The quantitative estimate of drug-likeness (QED) is 0.507. The molecule has 3 aromatic carbocycles. The van der Waals surface area contributed by atoms with Gasteiger partial charge in [-0.2, -0.15) is 0 Å². The van der Waals surface area contributed by atoms with Crippen molar-refractivity contribution < 1.29 is 23.8 Å². The Kier molecular flexibility index (Phi) is 7.25. The van der Waals surface area contributed by atoms with E-state index in [-0.39, 0.29) is 30.4 Å². The van der Waals surface area contributed by atoms with Gasteiger partial charge in [0, 0.05) is 5.69 Å². The number of amides is 2. The highest BCUT2D eigenvalue weighted by Crippen LogP contribution is 2.34. The van der Waals surface area contributed by atoms with E-state index in [1.807, 2.05) is 30.3 Å². The van der Waals surface area contributed by atoms with Crippen molar-refractivity contribution >= 4 is 23.2 Å². The number of rotatable bonds is 8. The molecule has 2 amide bonds. The Balaban J connectivity index is 1.37. The SMILES string of the molecule is CC(C)(C)c1ccc(OCCN2C(=O)COc3ccc(NC(=O)COc4ccccc4)cc32)cc1. The van der Waals surface area contributed by atoms with E-state index in [0.717, 1.165) is 5.75 Å². The van der Waals surface area contributed by atoms with E-state index in [9.17, 15) is 9.59 Å². The van der Waals surface area contributed by atoms with Gasteiger partial charge in [0.25, 0.3) is 11.8 Å². The van der Waals surface area contributed by atoms with Crippen LogP contribution in [0.3, 0.4) is 0 Å². The summed E-state index contributed by atoms with van der Waals surface area (Å²) in [4.78, 5) is 26.6. The average Bonchev–Trinajstić information content (AvgIpc) is 2.84. The van der Waals surface area contributed by atoms with Gasteiger partial charge in [0.05, 0.1) is 12.2 Å². The monoisotopic (exact) mass is 474 g/mol. The fourth-order valence-electron chi connectivity index (χ4n) is 3.69. The molecule has 0 spiro atoms. The summed E-state index contributed by atoms with van der Waals surface area (Å²) in [6.45, 7) is 7.00. The van der Waals surface area contributed by atoms with Gasteiger partial charge in [-0.25, -0.2) is 0 Å². The highest BCUT2D eigenvalue weighted by molar-refractivity contribution is 5.99. The number of hydrogen-bond donors (Lipinski definition) is 1. The predicted octanol–water partition coefficient (Wildman–Crippen LogP) is 4.81. The summed E-state index contributed by atoms with van der Waals surface area (Å²) in [6, 6.07) is 22.3. The van der Waals surface area contributed by atoms with Gasteiger partial charge in [-0.3, -0.25) is 9.59 Å². The van der Waals surface area contributed by atoms with Crippen LogP contribution in [0.15, 0.2) is 72.8 Å². The summed E-state index contributed by atoms with van der Waals surface area (Å²) < 4.78 is 17.0. The van der Waals surface area contributed by atoms with E-state index in [4.69, 9.17) is 14.2 Å². The van der Waals surface area contributed by atoms with E-state index < -0.39 is 0 Å². The molecule has 0 aliphatic carbocycles. The summed E-state index contributed by atoms with van der Waals surface area (Å²) in [5, 5.41) is 2.81. The maximum Gasteiger partial charge on any atom is 0.265 e. The summed E-state index contributed by atoms with van der Waals surface area (Å²) >= 11 is 0. The van der Waals surface area contributed by atoms with Gasteiger partial charge < -0.3 is 24.4 Å². The third-order valence-corrected chi connectivity index (χ3v) is 5.60. The number of carbonyl (C=O) groups excluding carboxylic acids is 2. The first-order chi connectivity index (χ1) is 16.8. The summed E-state index contributed by atoms with van der Waals surface area (Å²) in [7, 11) is 0. The van der Waals surface area contributed by atoms with Crippen molar-refractivity contribution in [1.29, 1.82) is 0 Å². The van der Waals surface area contributed by atoms with Gasteiger partial charge in [-0.15, -0.1) is 0 Å². The first-order valence-corrected chi connectivity index (χ1v) is 11.6. The molecule has 0 saturated carbocycles. The first-order valence-electron chi connectivity index (χ1n) is 11.6. The molecule has 3 aromatic rings. The molecule has 0 aromatic heterocycles. The number of hydrogen-bond acceptors (Lipinski definition) is 5. The normalized spacial score (nSPS) is 13.0. The molecule has 182 valence electrons. The molecule has 35 heavy (non-hydrogen) atoms. The number of benzene rings is 3. The Morgan fingerprint density at radius 2 is 1.69 bits per heavy atom. The number of para-hydroxylation sites is 1. The molecular formula is C28H30N2O5. The second kappa shape index (κ2) is 10.5. The van der Waals surface area contributed by atoms with Crippen molar-refractivity contribution in [2.45, 2.75) is 26.2 Å². The molecule has 4 rings (SSSR count). The predicted molar refractivity (Wildman–Crippen MR) is 135 cm³/mol. The largest absolute Gasteiger partial charge is 0.492 e. The lowest BCUT2D eigenvalue weighted by molar-refractivity contribution is -0.121. The minimum atomic E-state index is -0.301. The minimum Gasteiger partial charge on any atom is -0.492 e. The van der Waals surface area contributed by atoms with Crippen molar-refractivity contribution in [2.75, 3.05) is 36.6 Å². The van der Waals surface area contributed by atoms with E-state index in [1.165, 1.54) is 5.56 Å². The van der Waals surface area contributed by atoms with Gasteiger partial charge in [-0.1, -0.05) is 51.1 Å². The number of fused-ring (bicyclic) bond motifs is 1. The maximum atomic E-state index is 12.6. The molecule has 1 aliphatic rings. The van der Waals surface area contributed by atoms with E-state index in [2.05, 4.69) is 38.2 Å². The fourth-order valence-corrected chi connectivity index (χ4v) is 3.69. The zero-order valence-corrected chi connectivity index (χ0v) is 20.2. The molecule has 0 radical (unpaired) electrons. The maximum absolute atomic E-state index is 12.6. The lowest BCUT2D eigenvalue weighted by Gasteiger charge is -2.29. The molecule has 0 fully saturated rings. The van der Waals surface area contributed by atoms with Crippen LogP contribution in [0, 0.1) is 0 Å². The second-order valence-corrected chi connectivity index (χ2v) is 9.29. The standard InChI is InChI=1S/C28H30N2O5/c1-28(2,3)20-9-12-23(13-10-20)33-16-15-30-24-17-21(11-14-25(24)35-19-27(30)32)29-26(31)18-34-22-7-5-4-6-8-22/h4-14,17H,15-16,18-19H2,1-3H3,(H,29,31). The van der Waals surface area contributed by atoms with E-state index in [0.29, 0.717) is 36.0 Å². The highest BCUT2D eigenvalue weighted by Gasteiger charge is 2.26. The Morgan fingerprint density at radius 3 is 2.40 bits per heavy atom. The van der Waals surface area contributed by atoms with Crippen LogP contribution in [0.2, 0.25) is 0 Å². The summed E-state index contributed by atoms with van der Waals surface area (Å²) in [6.07, 6.45) is 0. The zero-order chi connectivity index (χ0) is 24.8. The molecule has 1 aliphatic heterocycles. The third-order valence-electron chi connectivity index (χ3n) is 5.60. The molecule has 1 N–H and O–H groups in total. The van der Waals surface area contributed by atoms with Gasteiger partial charge in [0.2, 0.25) is 0 Å². The lowest BCUT2D eigenvalue weighted by atomic mass is 9.87. The van der Waals surface area contributed by atoms with Gasteiger partial charge in [-0.05, 0) is 53.4 Å². The highest BCUT2D eigenvalue weighted by atomic mass is 16.5. The molecule has 1 heterocycles. The average molecular weight is 475 g/mol. The smallest absolute Gasteiger partial charge is 0.265 e. The van der Waals surface area contributed by atoms with E-state index >= 15 is 0 Å². The number of anilines is 2. The Bertz CT molecular complexity index is 1170. The van der Waals surface area contributed by atoms with Crippen LogP contribution in [-0.4, -0.2) is 38.2 Å². The fraction of sp³-hybridized carbons (Fsp3) is 0.286. The van der Waals surface area contributed by atoms with Crippen molar-refractivity contribution in [3.05, 3.63) is 78.4 Å². The van der Waals surface area contributed by atoms with Crippen LogP contribution in [0.25, 0.3) is 0 Å². The van der Waals surface area contributed by atoms with Crippen molar-refractivity contribution in [3.8, 4) is 17.2 Å². The molecule has 0 atom stereocenters. The molecule has 7 heteroatoms. The van der Waals surface area contributed by atoms with Gasteiger partial charge in [0.15, 0.2) is 13.2 Å². The zero-order valence-electron chi connectivity index (χ0n) is 20.2. The van der Waals surface area contributed by atoms with E-state index in [1.54, 1.807) is 35.2 Å². The van der Waals surface area contributed by atoms with Gasteiger partial charge in [0.1, 0.15) is 23.9 Å².